The van der Waals surface area contributed by atoms with Gasteiger partial charge < -0.3 is 10.2 Å². The third-order valence-electron chi connectivity index (χ3n) is 3.82. The van der Waals surface area contributed by atoms with Gasteiger partial charge in [0.15, 0.2) is 0 Å². The molecule has 1 N–H and O–H groups in total. The highest BCUT2D eigenvalue weighted by molar-refractivity contribution is 6.31. The van der Waals surface area contributed by atoms with E-state index in [1.165, 1.54) is 0 Å². The zero-order chi connectivity index (χ0) is 13.8. The minimum Gasteiger partial charge on any atom is -0.333 e. The molecule has 1 aliphatic heterocycles. The van der Waals surface area contributed by atoms with Gasteiger partial charge in [-0.05, 0) is 18.1 Å². The van der Waals surface area contributed by atoms with E-state index in [-0.39, 0.29) is 30.3 Å². The first-order valence-electron chi connectivity index (χ1n) is 6.90. The van der Waals surface area contributed by atoms with Crippen LogP contribution in [0.25, 0.3) is 0 Å². The van der Waals surface area contributed by atoms with Crippen molar-refractivity contribution in [1.82, 2.24) is 10.2 Å². The minimum absolute atomic E-state index is 0. The van der Waals surface area contributed by atoms with Crippen molar-refractivity contribution in [1.29, 1.82) is 0 Å². The Balaban J connectivity index is 0.00000200. The molecule has 0 saturated carbocycles. The Hall–Kier alpha value is -0.770. The molecule has 1 amide bonds. The van der Waals surface area contributed by atoms with Gasteiger partial charge in [0.05, 0.1) is 6.04 Å². The maximum absolute atomic E-state index is 12.5. The zero-order valence-corrected chi connectivity index (χ0v) is 13.5. The van der Waals surface area contributed by atoms with Crippen LogP contribution >= 0.6 is 24.0 Å². The average Bonchev–Trinajstić information content (AvgIpc) is 2.46. The van der Waals surface area contributed by atoms with Crippen LogP contribution < -0.4 is 5.32 Å². The van der Waals surface area contributed by atoms with Gasteiger partial charge in [-0.25, -0.2) is 0 Å². The molecule has 112 valence electrons. The maximum atomic E-state index is 12.5. The van der Waals surface area contributed by atoms with Crippen molar-refractivity contribution in [2.75, 3.05) is 19.6 Å². The first-order valence-corrected chi connectivity index (χ1v) is 7.28. The van der Waals surface area contributed by atoms with Crippen molar-refractivity contribution >= 4 is 29.9 Å². The molecule has 1 heterocycles. The van der Waals surface area contributed by atoms with Crippen LogP contribution in [0.15, 0.2) is 24.3 Å². The van der Waals surface area contributed by atoms with Crippen LogP contribution in [0.2, 0.25) is 5.02 Å². The highest BCUT2D eigenvalue weighted by Crippen LogP contribution is 2.29. The summed E-state index contributed by atoms with van der Waals surface area (Å²) < 4.78 is 0. The quantitative estimate of drug-likeness (QED) is 0.928. The van der Waals surface area contributed by atoms with Crippen molar-refractivity contribution in [3.05, 3.63) is 34.9 Å². The third-order valence-corrected chi connectivity index (χ3v) is 4.17. The van der Waals surface area contributed by atoms with Gasteiger partial charge in [0.25, 0.3) is 0 Å². The van der Waals surface area contributed by atoms with E-state index in [0.717, 1.165) is 36.6 Å². The summed E-state index contributed by atoms with van der Waals surface area (Å²) in [5, 5.41) is 4.08. The number of carbonyl (C=O) groups excluding carboxylic acids is 1. The van der Waals surface area contributed by atoms with Crippen molar-refractivity contribution in [2.24, 2.45) is 5.92 Å². The maximum Gasteiger partial charge on any atom is 0.225 e. The van der Waals surface area contributed by atoms with Crippen molar-refractivity contribution < 1.29 is 4.79 Å². The lowest BCUT2D eigenvalue weighted by Gasteiger charge is -2.38. The third kappa shape index (κ3) is 3.66. The molecular formula is C15H22Cl2N2O. The predicted molar refractivity (Wildman–Crippen MR) is 85.5 cm³/mol. The topological polar surface area (TPSA) is 32.3 Å². The van der Waals surface area contributed by atoms with Crippen molar-refractivity contribution in [3.8, 4) is 0 Å². The lowest BCUT2D eigenvalue weighted by molar-refractivity contribution is -0.138. The van der Waals surface area contributed by atoms with Crippen LogP contribution in [-0.4, -0.2) is 30.4 Å². The number of benzene rings is 1. The van der Waals surface area contributed by atoms with Gasteiger partial charge in [0.1, 0.15) is 0 Å². The van der Waals surface area contributed by atoms with Gasteiger partial charge in [0, 0.05) is 30.6 Å². The molecule has 0 aliphatic carbocycles. The van der Waals surface area contributed by atoms with E-state index >= 15 is 0 Å². The fraction of sp³-hybridized carbons (Fsp3) is 0.533. The van der Waals surface area contributed by atoms with Gasteiger partial charge in [-0.3, -0.25) is 4.79 Å². The Kier molecular flexibility index (Phi) is 6.80. The largest absolute Gasteiger partial charge is 0.333 e. The van der Waals surface area contributed by atoms with E-state index in [4.69, 9.17) is 11.6 Å². The molecule has 1 aromatic rings. The lowest BCUT2D eigenvalue weighted by atomic mass is 10.00. The predicted octanol–water partition coefficient (Wildman–Crippen LogP) is 3.28. The van der Waals surface area contributed by atoms with E-state index in [2.05, 4.69) is 12.2 Å². The summed E-state index contributed by atoms with van der Waals surface area (Å²) in [4.78, 5) is 14.5. The highest BCUT2D eigenvalue weighted by Gasteiger charge is 2.30. The van der Waals surface area contributed by atoms with E-state index in [9.17, 15) is 4.79 Å². The molecule has 0 bridgehead atoms. The van der Waals surface area contributed by atoms with Crippen LogP contribution in [0.5, 0.6) is 0 Å². The van der Waals surface area contributed by atoms with E-state index in [1.807, 2.05) is 36.1 Å². The summed E-state index contributed by atoms with van der Waals surface area (Å²) in [5.41, 5.74) is 1.04. The molecule has 2 atom stereocenters. The number of rotatable bonds is 3. The second-order valence-corrected chi connectivity index (χ2v) is 5.49. The smallest absolute Gasteiger partial charge is 0.225 e. The molecule has 2 rings (SSSR count). The van der Waals surface area contributed by atoms with Crippen LogP contribution in [-0.2, 0) is 4.79 Å². The average molecular weight is 317 g/mol. The van der Waals surface area contributed by atoms with Gasteiger partial charge in [-0.1, -0.05) is 43.6 Å². The summed E-state index contributed by atoms with van der Waals surface area (Å²) in [6.45, 7) is 6.41. The fourth-order valence-electron chi connectivity index (χ4n) is 2.45. The van der Waals surface area contributed by atoms with E-state index < -0.39 is 0 Å². The highest BCUT2D eigenvalue weighted by atomic mass is 35.5. The lowest BCUT2D eigenvalue weighted by Crippen LogP contribution is -2.50. The molecular weight excluding hydrogens is 295 g/mol. The van der Waals surface area contributed by atoms with Crippen LogP contribution in [0.1, 0.15) is 31.9 Å². The zero-order valence-electron chi connectivity index (χ0n) is 11.9. The van der Waals surface area contributed by atoms with Crippen LogP contribution in [0.3, 0.4) is 0 Å². The number of carbonyl (C=O) groups is 1. The Morgan fingerprint density at radius 2 is 2.20 bits per heavy atom. The second kappa shape index (κ2) is 7.87. The van der Waals surface area contributed by atoms with Gasteiger partial charge in [-0.15, -0.1) is 12.4 Å². The second-order valence-electron chi connectivity index (χ2n) is 5.08. The molecule has 3 nitrogen and oxygen atoms in total. The molecule has 0 radical (unpaired) electrons. The molecule has 5 heteroatoms. The molecule has 1 saturated heterocycles. The number of hydrogen-bond acceptors (Lipinski definition) is 2. The number of nitrogens with one attached hydrogen (secondary N) is 1. The number of halogens is 2. The van der Waals surface area contributed by atoms with E-state index in [0.29, 0.717) is 0 Å². The number of hydrogen-bond donors (Lipinski definition) is 1. The first kappa shape index (κ1) is 17.3. The standard InChI is InChI=1S/C15H21ClN2O.ClH/c1-3-11(2)15(19)18-9-8-17-10-14(18)12-6-4-5-7-13(12)16;/h4-7,11,14,17H,3,8-10H2,1-2H3;1H. The fourth-order valence-corrected chi connectivity index (χ4v) is 2.71. The summed E-state index contributed by atoms with van der Waals surface area (Å²) in [6.07, 6.45) is 0.873. The summed E-state index contributed by atoms with van der Waals surface area (Å²) in [6, 6.07) is 7.84. The summed E-state index contributed by atoms with van der Waals surface area (Å²) >= 11 is 6.28. The molecule has 1 aliphatic rings. The Morgan fingerprint density at radius 1 is 1.50 bits per heavy atom. The van der Waals surface area contributed by atoms with Crippen LogP contribution in [0, 0.1) is 5.92 Å². The molecule has 2 unspecified atom stereocenters. The van der Waals surface area contributed by atoms with Gasteiger partial charge in [-0.2, -0.15) is 0 Å². The van der Waals surface area contributed by atoms with Gasteiger partial charge in [0.2, 0.25) is 5.91 Å². The van der Waals surface area contributed by atoms with E-state index in [1.54, 1.807) is 0 Å². The Morgan fingerprint density at radius 3 is 2.85 bits per heavy atom. The normalized spacial score (nSPS) is 20.1. The number of piperazine rings is 1. The molecule has 0 aromatic heterocycles. The summed E-state index contributed by atoms with van der Waals surface area (Å²) in [5.74, 6) is 0.303. The molecule has 1 fully saturated rings. The number of amides is 1. The minimum atomic E-state index is 0. The molecule has 0 spiro atoms. The van der Waals surface area contributed by atoms with Crippen molar-refractivity contribution in [3.63, 3.8) is 0 Å². The van der Waals surface area contributed by atoms with Crippen molar-refractivity contribution in [2.45, 2.75) is 26.3 Å². The first-order chi connectivity index (χ1) is 9.15. The Bertz CT molecular complexity index is 453. The Labute approximate surface area is 132 Å². The summed E-state index contributed by atoms with van der Waals surface area (Å²) in [7, 11) is 0. The molecule has 1 aromatic carbocycles. The van der Waals surface area contributed by atoms with Gasteiger partial charge >= 0.3 is 0 Å². The SMILES string of the molecule is CCC(C)C(=O)N1CCNCC1c1ccccc1Cl.Cl. The number of nitrogens with zero attached hydrogens (tertiary/aromatic N) is 1. The monoisotopic (exact) mass is 316 g/mol. The molecule has 20 heavy (non-hydrogen) atoms. The van der Waals surface area contributed by atoms with Crippen LogP contribution in [0.4, 0.5) is 0 Å².